The number of hydrogen-bond acceptors (Lipinski definition) is 7. The van der Waals surface area contributed by atoms with Crippen LogP contribution < -0.4 is 0 Å². The first-order chi connectivity index (χ1) is 11.7. The molecule has 2 heterocycles. The van der Waals surface area contributed by atoms with E-state index in [2.05, 4.69) is 9.97 Å². The van der Waals surface area contributed by atoms with Gasteiger partial charge in [0.15, 0.2) is 6.10 Å². The van der Waals surface area contributed by atoms with E-state index in [0.717, 1.165) is 5.01 Å². The van der Waals surface area contributed by atoms with Crippen molar-refractivity contribution in [3.63, 3.8) is 0 Å². The molecule has 25 heavy (non-hydrogen) atoms. The number of aromatic amines is 1. The molecule has 1 atom stereocenters. The smallest absolute Gasteiger partial charge is 0.350 e. The minimum absolute atomic E-state index is 0.232. The summed E-state index contributed by atoms with van der Waals surface area (Å²) in [5.74, 6) is -1.52. The van der Waals surface area contributed by atoms with Crippen LogP contribution in [0.5, 0.6) is 0 Å². The van der Waals surface area contributed by atoms with E-state index < -0.39 is 23.8 Å². The van der Waals surface area contributed by atoms with Crippen molar-refractivity contribution in [2.75, 3.05) is 7.11 Å². The highest BCUT2D eigenvalue weighted by atomic mass is 32.1. The van der Waals surface area contributed by atoms with E-state index in [0.29, 0.717) is 27.4 Å². The van der Waals surface area contributed by atoms with Gasteiger partial charge in [0.2, 0.25) is 5.78 Å². The number of carbonyl (C=O) groups is 3. The lowest BCUT2D eigenvalue weighted by atomic mass is 10.1. The Morgan fingerprint density at radius 2 is 1.76 bits per heavy atom. The van der Waals surface area contributed by atoms with Gasteiger partial charge in [0.25, 0.3) is 0 Å². The second-order valence-corrected chi connectivity index (χ2v) is 6.88. The molecule has 8 heteroatoms. The fraction of sp³-hybridized carbons (Fsp3) is 0.412. The summed E-state index contributed by atoms with van der Waals surface area (Å²) in [7, 11) is 1.28. The van der Waals surface area contributed by atoms with E-state index >= 15 is 0 Å². The van der Waals surface area contributed by atoms with Crippen LogP contribution in [0.15, 0.2) is 0 Å². The molecular formula is C17H20N2O5S. The lowest BCUT2D eigenvalue weighted by Crippen LogP contribution is -2.25. The zero-order valence-corrected chi connectivity index (χ0v) is 15.8. The number of H-pyrrole nitrogens is 1. The molecule has 0 bridgehead atoms. The summed E-state index contributed by atoms with van der Waals surface area (Å²) in [5, 5.41) is 0.752. The van der Waals surface area contributed by atoms with Crippen molar-refractivity contribution in [1.82, 2.24) is 9.97 Å². The number of nitrogens with one attached hydrogen (secondary N) is 1. The first-order valence-corrected chi connectivity index (χ1v) is 8.45. The number of aromatic nitrogens is 2. The molecular weight excluding hydrogens is 344 g/mol. The Morgan fingerprint density at radius 1 is 1.12 bits per heavy atom. The Labute approximate surface area is 149 Å². The monoisotopic (exact) mass is 364 g/mol. The topological polar surface area (TPSA) is 98.4 Å². The average Bonchev–Trinajstić information content (AvgIpc) is 3.04. The predicted molar refractivity (Wildman–Crippen MR) is 92.4 cm³/mol. The van der Waals surface area contributed by atoms with Gasteiger partial charge in [-0.1, -0.05) is 0 Å². The zero-order valence-electron chi connectivity index (χ0n) is 15.0. The van der Waals surface area contributed by atoms with Crippen molar-refractivity contribution in [3.05, 3.63) is 38.1 Å². The fourth-order valence-electron chi connectivity index (χ4n) is 2.60. The first kappa shape index (κ1) is 18.9. The maximum Gasteiger partial charge on any atom is 0.350 e. The number of carbonyl (C=O) groups excluding carboxylic acids is 3. The van der Waals surface area contributed by atoms with Crippen molar-refractivity contribution < 1.29 is 23.9 Å². The number of Topliss-reactive ketones (excluding diaryl/α,β-unsaturated/α-hetero) is 1. The summed E-state index contributed by atoms with van der Waals surface area (Å²) in [6, 6.07) is 0. The number of ether oxygens (including phenoxy) is 2. The lowest BCUT2D eigenvalue weighted by Gasteiger charge is -2.11. The molecule has 134 valence electrons. The summed E-state index contributed by atoms with van der Waals surface area (Å²) in [6.45, 7) is 8.33. The SMILES string of the molecule is COC(=O)c1c(C)[nH]c(C(=O)[C@H](C)OC(=O)c2sc(C)nc2C)c1C. The number of esters is 2. The van der Waals surface area contributed by atoms with Crippen molar-refractivity contribution in [1.29, 1.82) is 0 Å². The van der Waals surface area contributed by atoms with Crippen LogP contribution in [-0.2, 0) is 9.47 Å². The van der Waals surface area contributed by atoms with Crippen LogP contribution >= 0.6 is 11.3 Å². The minimum Gasteiger partial charge on any atom is -0.465 e. The van der Waals surface area contributed by atoms with Crippen molar-refractivity contribution in [2.45, 2.75) is 40.7 Å². The van der Waals surface area contributed by atoms with Gasteiger partial charge in [-0.2, -0.15) is 0 Å². The maximum absolute atomic E-state index is 12.6. The number of thiazole rings is 1. The van der Waals surface area contributed by atoms with Gasteiger partial charge in [0, 0.05) is 5.69 Å². The van der Waals surface area contributed by atoms with Crippen molar-refractivity contribution in [3.8, 4) is 0 Å². The van der Waals surface area contributed by atoms with E-state index in [-0.39, 0.29) is 5.69 Å². The number of ketones is 1. The third-order valence-electron chi connectivity index (χ3n) is 3.82. The van der Waals surface area contributed by atoms with Gasteiger partial charge >= 0.3 is 11.9 Å². The van der Waals surface area contributed by atoms with Crippen LogP contribution in [0.1, 0.15) is 59.4 Å². The Morgan fingerprint density at radius 3 is 2.28 bits per heavy atom. The van der Waals surface area contributed by atoms with Gasteiger partial charge < -0.3 is 14.5 Å². The molecule has 0 aliphatic rings. The van der Waals surface area contributed by atoms with Crippen LogP contribution in [0, 0.1) is 27.7 Å². The van der Waals surface area contributed by atoms with Crippen LogP contribution in [-0.4, -0.2) is 40.9 Å². The highest BCUT2D eigenvalue weighted by molar-refractivity contribution is 7.13. The second kappa shape index (κ2) is 7.18. The van der Waals surface area contributed by atoms with Crippen LogP contribution in [0.2, 0.25) is 0 Å². The summed E-state index contributed by atoms with van der Waals surface area (Å²) in [6.07, 6.45) is -1.00. The fourth-order valence-corrected chi connectivity index (χ4v) is 3.40. The first-order valence-electron chi connectivity index (χ1n) is 7.64. The zero-order chi connectivity index (χ0) is 18.9. The number of nitrogens with zero attached hydrogens (tertiary/aromatic N) is 1. The molecule has 2 rings (SSSR count). The highest BCUT2D eigenvalue weighted by Gasteiger charge is 2.28. The molecule has 2 aromatic heterocycles. The Hall–Kier alpha value is -2.48. The summed E-state index contributed by atoms with van der Waals surface area (Å²) in [5.41, 5.74) is 2.13. The molecule has 2 aromatic rings. The van der Waals surface area contributed by atoms with E-state index in [9.17, 15) is 14.4 Å². The molecule has 0 aliphatic carbocycles. The lowest BCUT2D eigenvalue weighted by molar-refractivity contribution is 0.0320. The van der Waals surface area contributed by atoms with Gasteiger partial charge in [0.1, 0.15) is 4.88 Å². The van der Waals surface area contributed by atoms with Gasteiger partial charge in [-0.25, -0.2) is 14.6 Å². The Balaban J connectivity index is 2.22. The molecule has 0 aliphatic heterocycles. The number of aryl methyl sites for hydroxylation is 3. The molecule has 0 unspecified atom stereocenters. The van der Waals surface area contributed by atoms with Gasteiger partial charge in [-0.3, -0.25) is 4.79 Å². The molecule has 0 aromatic carbocycles. The Kier molecular flexibility index (Phi) is 5.42. The number of hydrogen-bond donors (Lipinski definition) is 1. The van der Waals surface area contributed by atoms with Crippen LogP contribution in [0.3, 0.4) is 0 Å². The molecule has 0 saturated carbocycles. The molecule has 0 radical (unpaired) electrons. The third kappa shape index (κ3) is 3.63. The number of methoxy groups -OCH3 is 1. The van der Waals surface area contributed by atoms with E-state index in [4.69, 9.17) is 9.47 Å². The van der Waals surface area contributed by atoms with Gasteiger partial charge in [-0.15, -0.1) is 11.3 Å². The molecule has 0 fully saturated rings. The van der Waals surface area contributed by atoms with Crippen LogP contribution in [0.4, 0.5) is 0 Å². The average molecular weight is 364 g/mol. The Bertz CT molecular complexity index is 850. The standard InChI is InChI=1S/C17H20N2O5S/c1-7-12(16(21)23-6)8(2)19-13(7)14(20)10(4)24-17(22)15-9(3)18-11(5)25-15/h10,19H,1-6H3/t10-/m0/s1. The van der Waals surface area contributed by atoms with Crippen molar-refractivity contribution in [2.24, 2.45) is 0 Å². The molecule has 1 N–H and O–H groups in total. The summed E-state index contributed by atoms with van der Waals surface area (Å²) < 4.78 is 10.0. The minimum atomic E-state index is -1.00. The summed E-state index contributed by atoms with van der Waals surface area (Å²) >= 11 is 1.22. The second-order valence-electron chi connectivity index (χ2n) is 5.68. The van der Waals surface area contributed by atoms with Crippen LogP contribution in [0.25, 0.3) is 0 Å². The van der Waals surface area contributed by atoms with Crippen molar-refractivity contribution >= 4 is 29.1 Å². The largest absolute Gasteiger partial charge is 0.465 e. The molecule has 7 nitrogen and oxygen atoms in total. The molecule has 0 spiro atoms. The van der Waals surface area contributed by atoms with E-state index in [1.54, 1.807) is 27.7 Å². The normalized spacial score (nSPS) is 11.9. The van der Waals surface area contributed by atoms with Gasteiger partial charge in [0.05, 0.1) is 29.1 Å². The van der Waals surface area contributed by atoms with E-state index in [1.807, 2.05) is 0 Å². The number of rotatable bonds is 5. The summed E-state index contributed by atoms with van der Waals surface area (Å²) in [4.78, 5) is 44.1. The highest BCUT2D eigenvalue weighted by Crippen LogP contribution is 2.22. The quantitative estimate of drug-likeness (QED) is 0.647. The third-order valence-corrected chi connectivity index (χ3v) is 4.87. The van der Waals surface area contributed by atoms with E-state index in [1.165, 1.54) is 25.4 Å². The van der Waals surface area contributed by atoms with Gasteiger partial charge in [-0.05, 0) is 40.2 Å². The maximum atomic E-state index is 12.6. The molecule has 0 saturated heterocycles. The predicted octanol–water partition coefficient (Wildman–Crippen LogP) is 2.92. The molecule has 0 amide bonds.